The molecule has 9 heteroatoms. The van der Waals surface area contributed by atoms with Crippen LogP contribution in [-0.4, -0.2) is 32.7 Å². The molecule has 28 heavy (non-hydrogen) atoms. The summed E-state index contributed by atoms with van der Waals surface area (Å²) in [5, 5.41) is 12.7. The summed E-state index contributed by atoms with van der Waals surface area (Å²) in [6, 6.07) is 4.94. The Morgan fingerprint density at radius 1 is 1.29 bits per heavy atom. The van der Waals surface area contributed by atoms with Crippen LogP contribution < -0.4 is 14.8 Å². The fourth-order valence-corrected chi connectivity index (χ4v) is 4.57. The van der Waals surface area contributed by atoms with Gasteiger partial charge in [0, 0.05) is 4.88 Å². The first-order valence-electron chi connectivity index (χ1n) is 8.41. The van der Waals surface area contributed by atoms with E-state index in [1.165, 1.54) is 37.7 Å². The molecule has 0 unspecified atom stereocenters. The second kappa shape index (κ2) is 8.50. The molecule has 1 heterocycles. The maximum Gasteiger partial charge on any atom is 0.338 e. The Kier molecular flexibility index (Phi) is 6.07. The van der Waals surface area contributed by atoms with Crippen LogP contribution >= 0.6 is 22.9 Å². The number of nitrogens with zero attached hydrogens (tertiary/aromatic N) is 1. The molecule has 0 spiro atoms. The number of ether oxygens (including phenoxy) is 3. The van der Waals surface area contributed by atoms with Gasteiger partial charge >= 0.3 is 5.97 Å². The highest BCUT2D eigenvalue weighted by atomic mass is 35.5. The van der Waals surface area contributed by atoms with E-state index in [1.807, 2.05) is 0 Å². The molecule has 0 radical (unpaired) electrons. The van der Waals surface area contributed by atoms with Crippen LogP contribution in [0.4, 0.5) is 5.00 Å². The van der Waals surface area contributed by atoms with E-state index in [9.17, 15) is 14.9 Å². The summed E-state index contributed by atoms with van der Waals surface area (Å²) >= 11 is 7.48. The minimum atomic E-state index is -0.729. The molecule has 0 bridgehead atoms. The van der Waals surface area contributed by atoms with Gasteiger partial charge in [-0.05, 0) is 37.0 Å². The van der Waals surface area contributed by atoms with Crippen molar-refractivity contribution in [1.29, 1.82) is 5.26 Å². The molecule has 1 aromatic heterocycles. The zero-order valence-corrected chi connectivity index (χ0v) is 16.8. The summed E-state index contributed by atoms with van der Waals surface area (Å²) in [5.41, 5.74) is 1.65. The number of carbonyl (C=O) groups is 2. The van der Waals surface area contributed by atoms with Crippen LogP contribution in [0.2, 0.25) is 5.02 Å². The fraction of sp³-hybridized carbons (Fsp3) is 0.316. The minimum absolute atomic E-state index is 0.128. The van der Waals surface area contributed by atoms with E-state index in [0.29, 0.717) is 16.3 Å². The summed E-state index contributed by atoms with van der Waals surface area (Å²) in [6.07, 6.45) is 2.79. The van der Waals surface area contributed by atoms with Crippen LogP contribution in [0.15, 0.2) is 12.1 Å². The largest absolute Gasteiger partial charge is 0.493 e. The van der Waals surface area contributed by atoms with E-state index >= 15 is 0 Å². The van der Waals surface area contributed by atoms with Crippen molar-refractivity contribution in [2.45, 2.75) is 19.3 Å². The van der Waals surface area contributed by atoms with Crippen LogP contribution in [0.1, 0.15) is 32.8 Å². The SMILES string of the molecule is COc1cc(C(=O)OCC(=O)Nc2sc3c(c2C#N)CCC3)cc(Cl)c1OC. The third-order valence-electron chi connectivity index (χ3n) is 4.29. The monoisotopic (exact) mass is 420 g/mol. The molecule has 0 fully saturated rings. The van der Waals surface area contributed by atoms with Gasteiger partial charge < -0.3 is 19.5 Å². The number of halogens is 1. The fourth-order valence-electron chi connectivity index (χ4n) is 3.02. The van der Waals surface area contributed by atoms with Crippen LogP contribution in [0.3, 0.4) is 0 Å². The number of esters is 1. The Labute approximate surface area is 170 Å². The average molecular weight is 421 g/mol. The zero-order valence-electron chi connectivity index (χ0n) is 15.3. The molecular formula is C19H17ClN2O5S. The third-order valence-corrected chi connectivity index (χ3v) is 5.78. The van der Waals surface area contributed by atoms with Crippen molar-refractivity contribution < 1.29 is 23.8 Å². The molecule has 0 saturated carbocycles. The summed E-state index contributed by atoms with van der Waals surface area (Å²) in [7, 11) is 2.85. The molecule has 146 valence electrons. The number of nitrogens with one attached hydrogen (secondary N) is 1. The topological polar surface area (TPSA) is 97.6 Å². The van der Waals surface area contributed by atoms with Gasteiger partial charge in [0.1, 0.15) is 11.1 Å². The Balaban J connectivity index is 1.65. The molecule has 0 aliphatic heterocycles. The van der Waals surface area contributed by atoms with Gasteiger partial charge in [0.15, 0.2) is 18.1 Å². The number of hydrogen-bond donors (Lipinski definition) is 1. The van der Waals surface area contributed by atoms with Gasteiger partial charge in [-0.1, -0.05) is 11.6 Å². The summed E-state index contributed by atoms with van der Waals surface area (Å²) in [6.45, 7) is -0.488. The summed E-state index contributed by atoms with van der Waals surface area (Å²) in [4.78, 5) is 25.6. The van der Waals surface area contributed by atoms with Gasteiger partial charge in [0.05, 0.1) is 30.4 Å². The van der Waals surface area contributed by atoms with E-state index in [4.69, 9.17) is 25.8 Å². The highest BCUT2D eigenvalue weighted by Crippen LogP contribution is 2.38. The Morgan fingerprint density at radius 2 is 2.07 bits per heavy atom. The lowest BCUT2D eigenvalue weighted by Gasteiger charge is -2.11. The molecule has 1 aliphatic carbocycles. The molecule has 0 saturated heterocycles. The Bertz CT molecular complexity index is 980. The first-order valence-corrected chi connectivity index (χ1v) is 9.61. The number of carbonyl (C=O) groups excluding carboxylic acids is 2. The van der Waals surface area contributed by atoms with Crippen molar-refractivity contribution in [2.24, 2.45) is 0 Å². The smallest absolute Gasteiger partial charge is 0.338 e. The van der Waals surface area contributed by atoms with Gasteiger partial charge in [0.25, 0.3) is 5.91 Å². The summed E-state index contributed by atoms with van der Waals surface area (Å²) < 4.78 is 15.3. The maximum atomic E-state index is 12.3. The number of methoxy groups -OCH3 is 2. The predicted octanol–water partition coefficient (Wildman–Crippen LogP) is 3.57. The number of rotatable bonds is 6. The molecule has 7 nitrogen and oxygen atoms in total. The normalized spacial score (nSPS) is 12.1. The Morgan fingerprint density at radius 3 is 2.75 bits per heavy atom. The highest BCUT2D eigenvalue weighted by Gasteiger charge is 2.23. The molecular weight excluding hydrogens is 404 g/mol. The van der Waals surface area contributed by atoms with Crippen molar-refractivity contribution in [3.63, 3.8) is 0 Å². The lowest BCUT2D eigenvalue weighted by molar-refractivity contribution is -0.119. The van der Waals surface area contributed by atoms with Gasteiger partial charge in [-0.15, -0.1) is 11.3 Å². The van der Waals surface area contributed by atoms with E-state index < -0.39 is 18.5 Å². The molecule has 1 aliphatic rings. The summed E-state index contributed by atoms with van der Waals surface area (Å²) in [5.74, 6) is -0.671. The van der Waals surface area contributed by atoms with Crippen LogP contribution in [-0.2, 0) is 22.4 Å². The van der Waals surface area contributed by atoms with E-state index in [1.54, 1.807) is 0 Å². The molecule has 3 rings (SSSR count). The lowest BCUT2D eigenvalue weighted by Crippen LogP contribution is -2.21. The number of amides is 1. The zero-order chi connectivity index (χ0) is 20.3. The third kappa shape index (κ3) is 3.91. The van der Waals surface area contributed by atoms with Gasteiger partial charge in [-0.2, -0.15) is 5.26 Å². The van der Waals surface area contributed by atoms with Crippen molar-refractivity contribution in [3.05, 3.63) is 38.7 Å². The van der Waals surface area contributed by atoms with Gasteiger partial charge in [-0.25, -0.2) is 4.79 Å². The molecule has 1 aromatic carbocycles. The average Bonchev–Trinajstić information content (AvgIpc) is 3.25. The standard InChI is InChI=1S/C19H17ClN2O5S/c1-25-14-7-10(6-13(20)17(14)26-2)19(24)27-9-16(23)22-18-12(8-21)11-4-3-5-15(11)28-18/h6-7H,3-5,9H2,1-2H3,(H,22,23). The van der Waals surface area contributed by atoms with Crippen molar-refractivity contribution in [2.75, 3.05) is 26.1 Å². The number of hydrogen-bond acceptors (Lipinski definition) is 7. The highest BCUT2D eigenvalue weighted by molar-refractivity contribution is 7.16. The predicted molar refractivity (Wildman–Crippen MR) is 105 cm³/mol. The Hall–Kier alpha value is -2.76. The first kappa shape index (κ1) is 20.0. The molecule has 0 atom stereocenters. The van der Waals surface area contributed by atoms with Crippen LogP contribution in [0.5, 0.6) is 11.5 Å². The number of benzene rings is 1. The van der Waals surface area contributed by atoms with E-state index in [-0.39, 0.29) is 16.3 Å². The van der Waals surface area contributed by atoms with Crippen molar-refractivity contribution in [1.82, 2.24) is 0 Å². The van der Waals surface area contributed by atoms with Gasteiger partial charge in [0.2, 0.25) is 0 Å². The van der Waals surface area contributed by atoms with Crippen LogP contribution in [0.25, 0.3) is 0 Å². The molecule has 1 amide bonds. The number of fused-ring (bicyclic) bond motifs is 1. The lowest BCUT2D eigenvalue weighted by atomic mass is 10.1. The second-order valence-electron chi connectivity index (χ2n) is 5.99. The first-order chi connectivity index (χ1) is 13.5. The number of aryl methyl sites for hydroxylation is 1. The number of nitriles is 1. The van der Waals surface area contributed by atoms with Crippen molar-refractivity contribution in [3.8, 4) is 17.6 Å². The second-order valence-corrected chi connectivity index (χ2v) is 7.50. The maximum absolute atomic E-state index is 12.3. The number of thiophene rings is 1. The van der Waals surface area contributed by atoms with Gasteiger partial charge in [-0.3, -0.25) is 4.79 Å². The minimum Gasteiger partial charge on any atom is -0.493 e. The van der Waals surface area contributed by atoms with Crippen molar-refractivity contribution >= 4 is 39.8 Å². The molecule has 1 N–H and O–H groups in total. The van der Waals surface area contributed by atoms with E-state index in [2.05, 4.69) is 11.4 Å². The quantitative estimate of drug-likeness (QED) is 0.717. The number of anilines is 1. The molecule has 2 aromatic rings. The van der Waals surface area contributed by atoms with Crippen LogP contribution in [0, 0.1) is 11.3 Å². The van der Waals surface area contributed by atoms with E-state index in [0.717, 1.165) is 29.7 Å².